The summed E-state index contributed by atoms with van der Waals surface area (Å²) in [5.74, 6) is -8.85. The molecule has 0 radical (unpaired) electrons. The zero-order chi connectivity index (χ0) is 59.8. The summed E-state index contributed by atoms with van der Waals surface area (Å²) in [7, 11) is 0. The summed E-state index contributed by atoms with van der Waals surface area (Å²) in [5.41, 5.74) is 5.27. The van der Waals surface area contributed by atoms with Crippen LogP contribution in [0.25, 0.3) is 0 Å². The van der Waals surface area contributed by atoms with Gasteiger partial charge in [0.15, 0.2) is 36.0 Å². The number of hydrogen-bond acceptors (Lipinski definition) is 19. The Labute approximate surface area is 466 Å². The van der Waals surface area contributed by atoms with E-state index >= 15 is 0 Å². The molecule has 0 bridgehead atoms. The molecule has 0 saturated carbocycles. The topological polar surface area (TPSA) is 296 Å². The molecule has 432 valence electrons. The molecule has 0 fully saturated rings. The van der Waals surface area contributed by atoms with Crippen LogP contribution in [-0.4, -0.2) is 118 Å². The quantitative estimate of drug-likeness (QED) is 0.0422. The minimum atomic E-state index is -1.70. The van der Waals surface area contributed by atoms with Gasteiger partial charge in [-0.3, -0.25) is 28.8 Å². The molecule has 2 aliphatic carbocycles. The fourth-order valence-corrected chi connectivity index (χ4v) is 8.83. The molecule has 6 unspecified atom stereocenters. The molecule has 19 heteroatoms. The molecular weight excluding hydrogens is 1040 g/mol. The van der Waals surface area contributed by atoms with Gasteiger partial charge in [0.1, 0.15) is 36.9 Å². The van der Waals surface area contributed by atoms with E-state index in [2.05, 4.69) is 4.74 Å². The van der Waals surface area contributed by atoms with E-state index in [1.165, 1.54) is 6.92 Å². The van der Waals surface area contributed by atoms with Gasteiger partial charge in [-0.2, -0.15) is 0 Å². The predicted octanol–water partition coefficient (Wildman–Crippen LogP) is 7.19. The minimum absolute atomic E-state index is 0.0507. The lowest BCUT2D eigenvalue weighted by Gasteiger charge is -2.36. The van der Waals surface area contributed by atoms with Crippen LogP contribution in [0.2, 0.25) is 0 Å². The minimum Gasteiger partial charge on any atom is -0.865 e. The van der Waals surface area contributed by atoms with Gasteiger partial charge in [-0.15, -0.1) is 0 Å². The Morgan fingerprint density at radius 3 is 1.26 bits per heavy atom. The van der Waals surface area contributed by atoms with Gasteiger partial charge in [0.25, 0.3) is 0 Å². The van der Waals surface area contributed by atoms with Crippen molar-refractivity contribution >= 4 is 47.4 Å². The van der Waals surface area contributed by atoms with E-state index in [1.54, 1.807) is 13.8 Å². The van der Waals surface area contributed by atoms with Gasteiger partial charge in [-0.25, -0.2) is 9.59 Å². The smallest absolute Gasteiger partial charge is 0.338 e. The number of ketones is 2. The highest BCUT2D eigenvalue weighted by molar-refractivity contribution is 6.02. The second-order valence-electron chi connectivity index (χ2n) is 21.2. The first-order valence-electron chi connectivity index (χ1n) is 26.0. The summed E-state index contributed by atoms with van der Waals surface area (Å²) in [6.07, 6.45) is 17.6. The van der Waals surface area contributed by atoms with Crippen LogP contribution >= 0.6 is 0 Å². The molecule has 2 heterocycles. The number of carbonyl (C=O) groups excluding carboxylic acids is 8. The summed E-state index contributed by atoms with van der Waals surface area (Å²) in [4.78, 5) is 99.3. The predicted molar refractivity (Wildman–Crippen MR) is 290 cm³/mol. The fraction of sp³-hybridized carbons (Fsp3) is 0.443. The third kappa shape index (κ3) is 18.3. The third-order valence-corrected chi connectivity index (χ3v) is 13.5. The van der Waals surface area contributed by atoms with Crippen molar-refractivity contribution < 1.29 is 92.3 Å². The van der Waals surface area contributed by atoms with Crippen molar-refractivity contribution in [3.05, 3.63) is 152 Å². The van der Waals surface area contributed by atoms with Crippen molar-refractivity contribution in [2.45, 2.75) is 151 Å². The molecular formula is C61H73O19-. The summed E-state index contributed by atoms with van der Waals surface area (Å²) in [6, 6.07) is 0. The number of cyclic esters (lactones) is 2. The van der Waals surface area contributed by atoms with Gasteiger partial charge >= 0.3 is 35.8 Å². The zero-order valence-corrected chi connectivity index (χ0v) is 47.1. The Hall–Kier alpha value is -7.90. The van der Waals surface area contributed by atoms with Gasteiger partial charge in [-0.1, -0.05) is 135 Å². The first kappa shape index (κ1) is 64.6. The molecule has 4 aliphatic rings. The zero-order valence-electron chi connectivity index (χ0n) is 47.1. The van der Waals surface area contributed by atoms with Crippen molar-refractivity contribution in [1.82, 2.24) is 0 Å². The van der Waals surface area contributed by atoms with E-state index in [9.17, 15) is 63.9 Å². The SMILES string of the molecule is CC1=C(O)C(C(O)COC(=O)CCC(=O)OC2CC(C)(C)C(/C=C/C(C)=C/C=C/C(C)=C/C=C/C=C(C)/C=C/C=C(C)/C=C/C3=C(C)C(=O)C(OC(=O)CCC(=O)OCC(O)C4OC(=O)C([O-])=C4O)CC3(C)C)=C(C)C2=O)OC1=O. The van der Waals surface area contributed by atoms with Crippen LogP contribution in [0.15, 0.2) is 152 Å². The maximum atomic E-state index is 13.3. The molecule has 0 spiro atoms. The first-order chi connectivity index (χ1) is 37.4. The molecule has 19 nitrogen and oxygen atoms in total. The Balaban J connectivity index is 1.20. The van der Waals surface area contributed by atoms with Crippen LogP contribution < -0.4 is 5.11 Å². The Morgan fingerprint density at radius 1 is 0.550 bits per heavy atom. The van der Waals surface area contributed by atoms with Crippen molar-refractivity contribution in [2.75, 3.05) is 13.2 Å². The fourth-order valence-electron chi connectivity index (χ4n) is 8.83. The third-order valence-electron chi connectivity index (χ3n) is 13.5. The number of ether oxygens (including phenoxy) is 6. The number of allylic oxidation sites excluding steroid dienone is 20. The second kappa shape index (κ2) is 28.8. The van der Waals surface area contributed by atoms with Gasteiger partial charge < -0.3 is 54.0 Å². The van der Waals surface area contributed by atoms with E-state index in [1.807, 2.05) is 140 Å². The molecule has 4 rings (SSSR count). The molecule has 0 aromatic carbocycles. The summed E-state index contributed by atoms with van der Waals surface area (Å²) in [6.45, 7) is 19.0. The lowest BCUT2D eigenvalue weighted by molar-refractivity contribution is -0.303. The van der Waals surface area contributed by atoms with Crippen molar-refractivity contribution in [3.8, 4) is 0 Å². The van der Waals surface area contributed by atoms with E-state index in [0.29, 0.717) is 11.1 Å². The van der Waals surface area contributed by atoms with Gasteiger partial charge in [-0.05, 0) is 81.6 Å². The summed E-state index contributed by atoms with van der Waals surface area (Å²) in [5, 5.41) is 51.2. The lowest BCUT2D eigenvalue weighted by atomic mass is 9.71. The molecule has 0 amide bonds. The summed E-state index contributed by atoms with van der Waals surface area (Å²) >= 11 is 0. The molecule has 6 atom stereocenters. The highest BCUT2D eigenvalue weighted by atomic mass is 16.6. The average Bonchev–Trinajstić information content (AvgIpc) is 3.82. The van der Waals surface area contributed by atoms with Crippen molar-refractivity contribution in [2.24, 2.45) is 10.8 Å². The van der Waals surface area contributed by atoms with Crippen LogP contribution in [0.4, 0.5) is 0 Å². The molecule has 2 aliphatic heterocycles. The van der Waals surface area contributed by atoms with Crippen LogP contribution in [0.1, 0.15) is 115 Å². The van der Waals surface area contributed by atoms with Gasteiger partial charge in [0.05, 0.1) is 31.3 Å². The monoisotopic (exact) mass is 1110 g/mol. The molecule has 4 N–H and O–H groups in total. The summed E-state index contributed by atoms with van der Waals surface area (Å²) < 4.78 is 30.3. The number of aliphatic hydroxyl groups excluding tert-OH is 4. The van der Waals surface area contributed by atoms with Crippen molar-refractivity contribution in [3.63, 3.8) is 0 Å². The number of hydrogen-bond donors (Lipinski definition) is 4. The highest BCUT2D eigenvalue weighted by Gasteiger charge is 2.42. The number of Topliss-reactive ketones (excluding diaryl/α,β-unsaturated/α-hetero) is 2. The Morgan fingerprint density at radius 2 is 0.900 bits per heavy atom. The molecule has 0 aromatic heterocycles. The Bertz CT molecular complexity index is 2690. The van der Waals surface area contributed by atoms with Crippen LogP contribution in [0, 0.1) is 10.8 Å². The van der Waals surface area contributed by atoms with E-state index in [-0.39, 0.29) is 42.8 Å². The number of rotatable bonds is 24. The second-order valence-corrected chi connectivity index (χ2v) is 21.2. The van der Waals surface area contributed by atoms with Crippen LogP contribution in [0.5, 0.6) is 0 Å². The maximum Gasteiger partial charge on any atom is 0.338 e. The lowest BCUT2D eigenvalue weighted by Crippen LogP contribution is -2.39. The van der Waals surface area contributed by atoms with Crippen LogP contribution in [-0.2, 0) is 66.8 Å². The van der Waals surface area contributed by atoms with E-state index < -0.39 is 127 Å². The normalized spacial score (nSPS) is 23.1. The maximum absolute atomic E-state index is 13.3. The number of esters is 6. The standard InChI is InChI=1S/C61H74O19/c1-34(18-14-20-36(3)22-24-41-38(5)51(68)45(30-60(41,8)9)77-49(66)28-26-47(64)75-32-43(62)56-53(70)40(7)58(73)79-56)16-12-13-17-35(2)19-15-21-37(4)23-25-42-39(6)52(69)46(31-61(42,10)11)78-50(67)29-27-48(65)76-33-44(63)57-54(71)55(72)59(74)80-57/h12-25,43-46,56-57,62-63,70-72H,26-33H2,1-11H3/p-1/b13-12+,18-14+,19-15+,24-22+,25-23+,34-16+,35-17+,36-20+,37-21+. The largest absolute Gasteiger partial charge is 0.865 e. The van der Waals surface area contributed by atoms with E-state index in [4.69, 9.17) is 23.7 Å². The number of carbonyl (C=O) groups is 8. The average molecular weight is 1110 g/mol. The first-order valence-corrected chi connectivity index (χ1v) is 26.0. The number of aliphatic hydroxyl groups is 4. The molecule has 80 heavy (non-hydrogen) atoms. The molecule has 0 saturated heterocycles. The van der Waals surface area contributed by atoms with Gasteiger partial charge in [0.2, 0.25) is 0 Å². The van der Waals surface area contributed by atoms with Crippen molar-refractivity contribution in [1.29, 1.82) is 0 Å². The van der Waals surface area contributed by atoms with Crippen LogP contribution in [0.3, 0.4) is 0 Å². The molecule has 0 aromatic rings. The highest BCUT2D eigenvalue weighted by Crippen LogP contribution is 2.42. The van der Waals surface area contributed by atoms with E-state index in [0.717, 1.165) is 33.4 Å². The van der Waals surface area contributed by atoms with Gasteiger partial charge in [0, 0.05) is 18.6 Å². The Kier molecular flexibility index (Phi) is 23.3.